The van der Waals surface area contributed by atoms with Crippen LogP contribution in [0.4, 0.5) is 5.69 Å². The van der Waals surface area contributed by atoms with Crippen LogP contribution in [0.15, 0.2) is 48.5 Å². The molecule has 6 heteroatoms. The number of benzene rings is 2. The fourth-order valence-electron chi connectivity index (χ4n) is 2.45. The van der Waals surface area contributed by atoms with Crippen LogP contribution in [-0.4, -0.2) is 16.8 Å². The van der Waals surface area contributed by atoms with Gasteiger partial charge in [0.1, 0.15) is 6.17 Å². The van der Waals surface area contributed by atoms with E-state index in [0.29, 0.717) is 10.6 Å². The van der Waals surface area contributed by atoms with Crippen LogP contribution >= 0.6 is 11.6 Å². The Morgan fingerprint density at radius 1 is 1.23 bits per heavy atom. The van der Waals surface area contributed by atoms with E-state index in [-0.39, 0.29) is 11.8 Å². The molecular formula is C16H14ClN3O2. The molecule has 1 aliphatic heterocycles. The quantitative estimate of drug-likeness (QED) is 0.895. The zero-order valence-corrected chi connectivity index (χ0v) is 12.6. The largest absolute Gasteiger partial charge is 0.359 e. The van der Waals surface area contributed by atoms with E-state index in [4.69, 9.17) is 11.6 Å². The van der Waals surface area contributed by atoms with E-state index < -0.39 is 6.17 Å². The lowest BCUT2D eigenvalue weighted by molar-refractivity contribution is -0.123. The van der Waals surface area contributed by atoms with E-state index in [0.717, 1.165) is 11.3 Å². The highest BCUT2D eigenvalue weighted by atomic mass is 35.5. The third kappa shape index (κ3) is 2.63. The molecule has 0 aromatic heterocycles. The highest BCUT2D eigenvalue weighted by Gasteiger charge is 2.33. The second kappa shape index (κ2) is 5.69. The Morgan fingerprint density at radius 3 is 2.73 bits per heavy atom. The average Bonchev–Trinajstić information content (AvgIpc) is 2.49. The van der Waals surface area contributed by atoms with Crippen molar-refractivity contribution in [1.29, 1.82) is 0 Å². The molecule has 1 atom stereocenters. The molecule has 2 N–H and O–H groups in total. The maximum absolute atomic E-state index is 12.7. The molecule has 2 aromatic carbocycles. The Hall–Kier alpha value is -2.53. The Labute approximate surface area is 132 Å². The maximum Gasteiger partial charge on any atom is 0.276 e. The van der Waals surface area contributed by atoms with Crippen LogP contribution in [0.1, 0.15) is 29.0 Å². The van der Waals surface area contributed by atoms with E-state index >= 15 is 0 Å². The first-order valence-electron chi connectivity index (χ1n) is 6.78. The summed E-state index contributed by atoms with van der Waals surface area (Å²) in [6.45, 7) is 1.36. The number of para-hydroxylation sites is 1. The molecule has 0 aliphatic carbocycles. The Bertz CT molecular complexity index is 748. The fourth-order valence-corrected chi connectivity index (χ4v) is 2.65. The minimum atomic E-state index is -0.523. The highest BCUT2D eigenvalue weighted by molar-refractivity contribution is 6.30. The van der Waals surface area contributed by atoms with Crippen LogP contribution in [0.5, 0.6) is 0 Å². The molecule has 2 aromatic rings. The molecule has 0 radical (unpaired) electrons. The van der Waals surface area contributed by atoms with Crippen molar-refractivity contribution < 1.29 is 9.59 Å². The lowest BCUT2D eigenvalue weighted by atomic mass is 10.1. The minimum absolute atomic E-state index is 0.269. The highest BCUT2D eigenvalue weighted by Crippen LogP contribution is 2.32. The summed E-state index contributed by atoms with van der Waals surface area (Å²) in [5.41, 5.74) is 4.59. The molecule has 0 saturated carbocycles. The molecule has 0 saturated heterocycles. The van der Waals surface area contributed by atoms with Gasteiger partial charge in [-0.3, -0.25) is 15.0 Å². The number of nitrogens with zero attached hydrogens (tertiary/aromatic N) is 1. The number of hydrogen-bond donors (Lipinski definition) is 2. The van der Waals surface area contributed by atoms with Gasteiger partial charge in [-0.25, -0.2) is 5.01 Å². The summed E-state index contributed by atoms with van der Waals surface area (Å²) >= 11 is 6.04. The van der Waals surface area contributed by atoms with Crippen LogP contribution in [0.3, 0.4) is 0 Å². The smallest absolute Gasteiger partial charge is 0.276 e. The van der Waals surface area contributed by atoms with Gasteiger partial charge in [-0.05, 0) is 29.8 Å². The number of anilines is 1. The summed E-state index contributed by atoms with van der Waals surface area (Å²) in [7, 11) is 0. The van der Waals surface area contributed by atoms with Gasteiger partial charge in [0.15, 0.2) is 0 Å². The monoisotopic (exact) mass is 315 g/mol. The van der Waals surface area contributed by atoms with E-state index in [1.807, 2.05) is 18.2 Å². The van der Waals surface area contributed by atoms with Gasteiger partial charge >= 0.3 is 0 Å². The molecule has 22 heavy (non-hydrogen) atoms. The molecule has 2 amide bonds. The van der Waals surface area contributed by atoms with Crippen LogP contribution < -0.4 is 10.7 Å². The first kappa shape index (κ1) is 14.4. The number of hydrazine groups is 1. The number of rotatable bonds is 2. The van der Waals surface area contributed by atoms with Gasteiger partial charge in [-0.15, -0.1) is 0 Å². The van der Waals surface area contributed by atoms with Crippen molar-refractivity contribution in [3.05, 3.63) is 64.7 Å². The van der Waals surface area contributed by atoms with Crippen molar-refractivity contribution in [3.8, 4) is 0 Å². The van der Waals surface area contributed by atoms with Crippen molar-refractivity contribution in [2.75, 3.05) is 5.32 Å². The van der Waals surface area contributed by atoms with Gasteiger partial charge in [-0.1, -0.05) is 35.9 Å². The fraction of sp³-hybridized carbons (Fsp3) is 0.125. The van der Waals surface area contributed by atoms with E-state index in [1.165, 1.54) is 11.9 Å². The first-order valence-corrected chi connectivity index (χ1v) is 7.16. The predicted octanol–water partition coefficient (Wildman–Crippen LogP) is 2.96. The van der Waals surface area contributed by atoms with Gasteiger partial charge in [-0.2, -0.15) is 0 Å². The Balaban J connectivity index is 2.06. The van der Waals surface area contributed by atoms with Crippen LogP contribution in [0, 0.1) is 0 Å². The zero-order chi connectivity index (χ0) is 15.7. The van der Waals surface area contributed by atoms with Crippen LogP contribution in [-0.2, 0) is 4.79 Å². The van der Waals surface area contributed by atoms with Crippen molar-refractivity contribution in [2.45, 2.75) is 13.1 Å². The molecule has 5 nitrogen and oxygen atoms in total. The molecule has 0 spiro atoms. The molecule has 112 valence electrons. The van der Waals surface area contributed by atoms with Crippen molar-refractivity contribution >= 4 is 29.1 Å². The molecule has 0 bridgehead atoms. The van der Waals surface area contributed by atoms with Gasteiger partial charge in [0.2, 0.25) is 5.91 Å². The molecule has 3 rings (SSSR count). The number of fused-ring (bicyclic) bond motifs is 1. The first-order chi connectivity index (χ1) is 10.6. The van der Waals surface area contributed by atoms with Crippen molar-refractivity contribution in [2.24, 2.45) is 0 Å². The molecular weight excluding hydrogens is 302 g/mol. The van der Waals surface area contributed by atoms with Crippen molar-refractivity contribution in [3.63, 3.8) is 0 Å². The van der Waals surface area contributed by atoms with E-state index in [1.54, 1.807) is 30.3 Å². The number of nitrogens with one attached hydrogen (secondary N) is 2. The minimum Gasteiger partial charge on any atom is -0.359 e. The molecule has 0 fully saturated rings. The summed E-state index contributed by atoms with van der Waals surface area (Å²) in [5, 5.41) is 5.11. The molecule has 1 heterocycles. The predicted molar refractivity (Wildman–Crippen MR) is 84.2 cm³/mol. The van der Waals surface area contributed by atoms with Gasteiger partial charge in [0, 0.05) is 17.6 Å². The normalized spacial score (nSPS) is 16.7. The average molecular weight is 316 g/mol. The number of halogens is 1. The summed E-state index contributed by atoms with van der Waals surface area (Å²) in [6.07, 6.45) is -0.523. The second-order valence-corrected chi connectivity index (χ2v) is 5.43. The lowest BCUT2D eigenvalue weighted by Gasteiger charge is -2.37. The number of carbonyl (C=O) groups excluding carboxylic acids is 2. The number of hydrogen-bond acceptors (Lipinski definition) is 3. The van der Waals surface area contributed by atoms with E-state index in [2.05, 4.69) is 10.7 Å². The summed E-state index contributed by atoms with van der Waals surface area (Å²) < 4.78 is 0. The standard InChI is InChI=1S/C16H14ClN3O2/c1-10(21)19-20-15(11-5-4-6-12(17)9-11)18-14-8-3-2-7-13(14)16(20)22/h2-9,15,18H,1H3,(H,19,21). The number of amides is 2. The third-order valence-electron chi connectivity index (χ3n) is 3.37. The summed E-state index contributed by atoms with van der Waals surface area (Å²) in [4.78, 5) is 24.1. The van der Waals surface area contributed by atoms with Crippen molar-refractivity contribution in [1.82, 2.24) is 10.4 Å². The van der Waals surface area contributed by atoms with Crippen LogP contribution in [0.25, 0.3) is 0 Å². The topological polar surface area (TPSA) is 61.4 Å². The molecule has 1 aliphatic rings. The summed E-state index contributed by atoms with van der Waals surface area (Å²) in [6, 6.07) is 14.3. The maximum atomic E-state index is 12.7. The Kier molecular flexibility index (Phi) is 3.73. The number of carbonyl (C=O) groups is 2. The second-order valence-electron chi connectivity index (χ2n) is 4.99. The zero-order valence-electron chi connectivity index (χ0n) is 11.8. The van der Waals surface area contributed by atoms with Gasteiger partial charge in [0.05, 0.1) is 5.56 Å². The third-order valence-corrected chi connectivity index (χ3v) is 3.60. The van der Waals surface area contributed by atoms with Crippen LogP contribution in [0.2, 0.25) is 5.02 Å². The van der Waals surface area contributed by atoms with Gasteiger partial charge in [0.25, 0.3) is 5.91 Å². The Morgan fingerprint density at radius 2 is 2.00 bits per heavy atom. The van der Waals surface area contributed by atoms with Gasteiger partial charge < -0.3 is 5.32 Å². The van der Waals surface area contributed by atoms with E-state index in [9.17, 15) is 9.59 Å². The summed E-state index contributed by atoms with van der Waals surface area (Å²) in [5.74, 6) is -0.587. The lowest BCUT2D eigenvalue weighted by Crippen LogP contribution is -2.52. The molecule has 1 unspecified atom stereocenters. The SMILES string of the molecule is CC(=O)NN1C(=O)c2ccccc2NC1c1cccc(Cl)c1.